The summed E-state index contributed by atoms with van der Waals surface area (Å²) in [6.07, 6.45) is 13.9. The molecule has 13 nitrogen and oxygen atoms in total. The van der Waals surface area contributed by atoms with Crippen molar-refractivity contribution in [2.24, 2.45) is 0 Å². The minimum Gasteiger partial charge on any atom is -0.457 e. The summed E-state index contributed by atoms with van der Waals surface area (Å²) in [5.74, 6) is 0.732. The van der Waals surface area contributed by atoms with Crippen LogP contribution >= 0.6 is 0 Å². The molecule has 0 atom stereocenters. The number of nitrogens with zero attached hydrogens (tertiary/aromatic N) is 2. The van der Waals surface area contributed by atoms with E-state index in [1.54, 1.807) is 13.0 Å². The second-order valence-corrected chi connectivity index (χ2v) is 21.9. The average Bonchev–Trinajstić information content (AvgIpc) is 3.55. The largest absolute Gasteiger partial charge is 0.457 e. The molecular formula is C47H57N2O11S3+. The fourth-order valence-corrected chi connectivity index (χ4v) is 10.4. The van der Waals surface area contributed by atoms with E-state index in [0.717, 1.165) is 70.7 Å². The first-order valence-electron chi connectivity index (χ1n) is 21.2. The number of benzene rings is 3. The highest BCUT2D eigenvalue weighted by molar-refractivity contribution is 7.86. The number of allylic oxidation sites excluding steroid dienone is 7. The Hall–Kier alpha value is -4.71. The molecule has 0 radical (unpaired) electrons. The molecule has 3 aromatic rings. The third-order valence-electron chi connectivity index (χ3n) is 12.1. The molecule has 16 heteroatoms. The normalized spacial score (nSPS) is 18.8. The standard InChI is InChI=1S/C47H56N2O11S3/c1-33(50)14-7-6-10-29-49-42-26-25-38(63(57,58)59)32-40(42)47(4,5)44(49)28-20-35-16-13-15-34(45(35)60-36-21-23-37(24-22-36)62(54,55)56)19-27-43-46(2,3)39-17-8-9-18-41(39)48(43)30-11-12-31-61(51,52)53/h8-9,17-28,32H,6-7,10-16,29-31H2,1-5H3,(H2-,51,52,53,54,55,56,57,58,59)/p+1. The van der Waals surface area contributed by atoms with Gasteiger partial charge in [0.1, 0.15) is 23.8 Å². The van der Waals surface area contributed by atoms with Crippen molar-refractivity contribution in [1.29, 1.82) is 0 Å². The number of Topliss-reactive ketones (excluding diaryl/α,β-unsaturated/α-hetero) is 1. The van der Waals surface area contributed by atoms with Crippen LogP contribution < -0.4 is 9.64 Å². The van der Waals surface area contributed by atoms with Gasteiger partial charge >= 0.3 is 0 Å². The SMILES string of the molecule is CC(=O)CCCCCN1C(=CC=C2CCCC(C=CC3=[N+](CCCCS(=O)(=O)O)c4ccccc4C3(C)C)=C2Oc2ccc(S(=O)(=O)O)cc2)C(C)(C)c2cc(S(=O)(=O)O)ccc21. The number of carbonyl (C=O) groups excluding carboxylic acids is 1. The monoisotopic (exact) mass is 921 g/mol. The minimum atomic E-state index is -4.47. The van der Waals surface area contributed by atoms with E-state index >= 15 is 0 Å². The minimum absolute atomic E-state index is 0.136. The molecule has 0 unspecified atom stereocenters. The highest BCUT2D eigenvalue weighted by atomic mass is 32.2. The number of para-hydroxylation sites is 1. The molecule has 0 aromatic heterocycles. The molecule has 0 saturated heterocycles. The van der Waals surface area contributed by atoms with Gasteiger partial charge in [-0.05, 0) is 131 Å². The summed E-state index contributed by atoms with van der Waals surface area (Å²) in [7, 11) is -13.0. The molecule has 2 heterocycles. The number of fused-ring (bicyclic) bond motifs is 2. The number of unbranched alkanes of at least 4 members (excludes halogenated alkanes) is 3. The topological polar surface area (TPSA) is 196 Å². The Morgan fingerprint density at radius 2 is 1.44 bits per heavy atom. The van der Waals surface area contributed by atoms with E-state index < -0.39 is 41.2 Å². The Morgan fingerprint density at radius 1 is 0.762 bits per heavy atom. The van der Waals surface area contributed by atoms with E-state index in [-0.39, 0.29) is 21.3 Å². The number of hydrogen-bond donors (Lipinski definition) is 3. The van der Waals surface area contributed by atoms with E-state index in [0.29, 0.717) is 56.7 Å². The molecule has 2 aliphatic heterocycles. The maximum atomic E-state index is 12.3. The van der Waals surface area contributed by atoms with Gasteiger partial charge in [-0.15, -0.1) is 0 Å². The number of ether oxygens (including phenoxy) is 1. The number of hydrogen-bond acceptors (Lipinski definition) is 9. The lowest BCUT2D eigenvalue weighted by atomic mass is 9.81. The second kappa shape index (κ2) is 18.8. The molecule has 0 spiro atoms. The third kappa shape index (κ3) is 11.2. The number of rotatable bonds is 18. The van der Waals surface area contributed by atoms with Crippen LogP contribution in [0.2, 0.25) is 0 Å². The summed E-state index contributed by atoms with van der Waals surface area (Å²) < 4.78 is 109. The van der Waals surface area contributed by atoms with Crippen molar-refractivity contribution >= 4 is 53.2 Å². The quantitative estimate of drug-likeness (QED) is 0.0623. The van der Waals surface area contributed by atoms with Gasteiger partial charge in [-0.1, -0.05) is 44.5 Å². The first kappa shape index (κ1) is 47.8. The van der Waals surface area contributed by atoms with Crippen molar-refractivity contribution in [2.75, 3.05) is 23.7 Å². The Morgan fingerprint density at radius 3 is 2.11 bits per heavy atom. The summed E-state index contributed by atoms with van der Waals surface area (Å²) in [5.41, 5.74) is 6.21. The van der Waals surface area contributed by atoms with Crippen molar-refractivity contribution in [3.05, 3.63) is 125 Å². The maximum Gasteiger partial charge on any atom is 0.294 e. The zero-order chi connectivity index (χ0) is 46.0. The Balaban J connectivity index is 1.45. The smallest absolute Gasteiger partial charge is 0.294 e. The van der Waals surface area contributed by atoms with Crippen LogP contribution in [0, 0.1) is 0 Å². The van der Waals surface area contributed by atoms with Crippen LogP contribution in [0.15, 0.2) is 123 Å². The Kier molecular flexibility index (Phi) is 14.2. The number of anilines is 1. The summed E-state index contributed by atoms with van der Waals surface area (Å²) in [6.45, 7) is 11.0. The van der Waals surface area contributed by atoms with Crippen molar-refractivity contribution in [2.45, 2.75) is 113 Å². The van der Waals surface area contributed by atoms with Crippen LogP contribution in [-0.4, -0.2) is 73.8 Å². The van der Waals surface area contributed by atoms with Gasteiger partial charge in [0.15, 0.2) is 5.71 Å². The molecule has 3 aromatic carbocycles. The molecule has 3 aliphatic rings. The lowest BCUT2D eigenvalue weighted by Gasteiger charge is -2.27. The van der Waals surface area contributed by atoms with Crippen LogP contribution in [0.25, 0.3) is 0 Å². The van der Waals surface area contributed by atoms with Gasteiger partial charge in [0.2, 0.25) is 5.69 Å². The number of ketones is 1. The zero-order valence-electron chi connectivity index (χ0n) is 36.4. The molecule has 0 amide bonds. The van der Waals surface area contributed by atoms with E-state index in [4.69, 9.17) is 4.74 Å². The molecule has 0 saturated carbocycles. The van der Waals surface area contributed by atoms with E-state index in [1.807, 2.05) is 50.3 Å². The molecule has 6 rings (SSSR count). The highest BCUT2D eigenvalue weighted by Gasteiger charge is 2.44. The van der Waals surface area contributed by atoms with Crippen molar-refractivity contribution in [3.8, 4) is 5.75 Å². The predicted octanol–water partition coefficient (Wildman–Crippen LogP) is 9.05. The zero-order valence-corrected chi connectivity index (χ0v) is 38.8. The van der Waals surface area contributed by atoms with Gasteiger partial charge < -0.3 is 14.4 Å². The van der Waals surface area contributed by atoms with Crippen molar-refractivity contribution in [1.82, 2.24) is 0 Å². The summed E-state index contributed by atoms with van der Waals surface area (Å²) in [4.78, 5) is 13.3. The van der Waals surface area contributed by atoms with Crippen LogP contribution in [0.4, 0.5) is 11.4 Å². The summed E-state index contributed by atoms with van der Waals surface area (Å²) in [5, 5.41) is 0. The van der Waals surface area contributed by atoms with Gasteiger partial charge in [0, 0.05) is 53.9 Å². The Bertz CT molecular complexity index is 2760. The summed E-state index contributed by atoms with van der Waals surface area (Å²) in [6, 6.07) is 18.2. The van der Waals surface area contributed by atoms with Crippen molar-refractivity contribution < 1.29 is 53.0 Å². The van der Waals surface area contributed by atoms with E-state index in [1.165, 1.54) is 36.4 Å². The van der Waals surface area contributed by atoms with Gasteiger partial charge in [0.05, 0.1) is 21.0 Å². The second-order valence-electron chi connectivity index (χ2n) is 17.4. The fourth-order valence-electron chi connectivity index (χ4n) is 8.82. The molecule has 0 bridgehead atoms. The number of carbonyl (C=O) groups is 1. The lowest BCUT2D eigenvalue weighted by Crippen LogP contribution is -2.28. The molecule has 1 aliphatic carbocycles. The first-order chi connectivity index (χ1) is 29.5. The first-order valence-corrected chi connectivity index (χ1v) is 25.6. The molecule has 338 valence electrons. The molecule has 0 fully saturated rings. The average molecular weight is 922 g/mol. The van der Waals surface area contributed by atoms with Gasteiger partial charge in [-0.3, -0.25) is 13.7 Å². The summed E-state index contributed by atoms with van der Waals surface area (Å²) >= 11 is 0. The van der Waals surface area contributed by atoms with Gasteiger partial charge in [-0.25, -0.2) is 0 Å². The van der Waals surface area contributed by atoms with E-state index in [2.05, 4.69) is 35.5 Å². The third-order valence-corrected chi connectivity index (χ3v) is 14.6. The van der Waals surface area contributed by atoms with Crippen LogP contribution in [0.5, 0.6) is 5.75 Å². The van der Waals surface area contributed by atoms with Crippen LogP contribution in [-0.2, 0) is 46.0 Å². The Labute approximate surface area is 371 Å². The van der Waals surface area contributed by atoms with Crippen LogP contribution in [0.1, 0.15) is 104 Å². The van der Waals surface area contributed by atoms with Crippen LogP contribution in [0.3, 0.4) is 0 Å². The van der Waals surface area contributed by atoms with Gasteiger partial charge in [-0.2, -0.15) is 29.8 Å². The predicted molar refractivity (Wildman–Crippen MR) is 244 cm³/mol. The molecule has 63 heavy (non-hydrogen) atoms. The fraction of sp³-hybridized carbons (Fsp3) is 0.404. The molecule has 3 N–H and O–H groups in total. The van der Waals surface area contributed by atoms with Gasteiger partial charge in [0.25, 0.3) is 30.4 Å². The molecular weight excluding hydrogens is 865 g/mol. The highest BCUT2D eigenvalue weighted by Crippen LogP contribution is 2.49. The lowest BCUT2D eigenvalue weighted by molar-refractivity contribution is -0.438. The maximum absolute atomic E-state index is 12.3. The van der Waals surface area contributed by atoms with Crippen molar-refractivity contribution in [3.63, 3.8) is 0 Å². The van der Waals surface area contributed by atoms with E-state index in [9.17, 15) is 43.7 Å².